The number of rotatable bonds is 8. The molecule has 1 amide bonds. The summed E-state index contributed by atoms with van der Waals surface area (Å²) >= 11 is 0. The fourth-order valence-electron chi connectivity index (χ4n) is 2.50. The van der Waals surface area contributed by atoms with E-state index in [9.17, 15) is 4.79 Å². The molecule has 0 aromatic rings. The molecule has 6 nitrogen and oxygen atoms in total. The molecular formula is C17H36IN5O. The number of carbonyl (C=O) groups is 1. The van der Waals surface area contributed by atoms with Gasteiger partial charge in [-0.2, -0.15) is 0 Å². The van der Waals surface area contributed by atoms with Crippen molar-refractivity contribution in [1.29, 1.82) is 0 Å². The Bertz CT molecular complexity index is 368. The van der Waals surface area contributed by atoms with Crippen LogP contribution in [0.25, 0.3) is 0 Å². The Morgan fingerprint density at radius 3 is 2.42 bits per heavy atom. The first-order valence-corrected chi connectivity index (χ1v) is 8.97. The first-order chi connectivity index (χ1) is 11.0. The molecule has 0 radical (unpaired) electrons. The molecule has 1 aliphatic heterocycles. The summed E-state index contributed by atoms with van der Waals surface area (Å²) in [4.78, 5) is 20.1. The van der Waals surface area contributed by atoms with Gasteiger partial charge < -0.3 is 20.4 Å². The number of piperidine rings is 1. The van der Waals surface area contributed by atoms with Crippen molar-refractivity contribution in [1.82, 2.24) is 20.4 Å². The second-order valence-electron chi connectivity index (χ2n) is 6.68. The van der Waals surface area contributed by atoms with E-state index in [0.29, 0.717) is 0 Å². The van der Waals surface area contributed by atoms with Gasteiger partial charge in [0, 0.05) is 27.2 Å². The molecule has 24 heavy (non-hydrogen) atoms. The van der Waals surface area contributed by atoms with Crippen LogP contribution in [0.4, 0.5) is 0 Å². The van der Waals surface area contributed by atoms with Crippen LogP contribution in [0, 0.1) is 5.92 Å². The third kappa shape index (κ3) is 10.3. The Morgan fingerprint density at radius 2 is 1.83 bits per heavy atom. The lowest BCUT2D eigenvalue weighted by Gasteiger charge is -2.30. The van der Waals surface area contributed by atoms with Crippen LogP contribution >= 0.6 is 24.0 Å². The summed E-state index contributed by atoms with van der Waals surface area (Å²) in [6.45, 7) is 10.0. The molecule has 0 spiro atoms. The average Bonchev–Trinajstić information content (AvgIpc) is 2.54. The van der Waals surface area contributed by atoms with Crippen molar-refractivity contribution in [2.75, 3.05) is 53.4 Å². The highest BCUT2D eigenvalue weighted by Gasteiger charge is 2.14. The number of likely N-dealkylation sites (N-methyl/N-ethyl adjacent to an activating group) is 1. The van der Waals surface area contributed by atoms with Gasteiger partial charge in [-0.05, 0) is 51.2 Å². The summed E-state index contributed by atoms with van der Waals surface area (Å²) in [6.07, 6.45) is 4.78. The normalized spacial score (nSPS) is 16.4. The van der Waals surface area contributed by atoms with Gasteiger partial charge in [0.05, 0.1) is 0 Å². The van der Waals surface area contributed by atoms with Crippen molar-refractivity contribution in [3.05, 3.63) is 0 Å². The summed E-state index contributed by atoms with van der Waals surface area (Å²) in [5, 5.41) is 6.60. The highest BCUT2D eigenvalue weighted by atomic mass is 127. The Kier molecular flexibility index (Phi) is 13.4. The molecule has 142 valence electrons. The highest BCUT2D eigenvalue weighted by Crippen LogP contribution is 2.15. The van der Waals surface area contributed by atoms with Crippen LogP contribution in [-0.4, -0.2) is 75.0 Å². The summed E-state index contributed by atoms with van der Waals surface area (Å²) in [5.41, 5.74) is 0. The van der Waals surface area contributed by atoms with Gasteiger partial charge in [0.25, 0.3) is 0 Å². The van der Waals surface area contributed by atoms with Crippen LogP contribution < -0.4 is 10.6 Å². The standard InChI is InChI=1S/C17H35N5O.HI/c1-5-9-18-17(20-14-16(23)21(3)4)19-10-6-11-22-12-7-15(2)8-13-22;/h15H,5-14H2,1-4H3,(H2,18,19,20);1H. The molecule has 0 unspecified atom stereocenters. The zero-order chi connectivity index (χ0) is 17.1. The molecule has 0 bridgehead atoms. The summed E-state index contributed by atoms with van der Waals surface area (Å²) in [5.74, 6) is 1.65. The molecule has 0 saturated carbocycles. The molecule has 0 aromatic heterocycles. The van der Waals surface area contributed by atoms with Crippen molar-refractivity contribution >= 4 is 35.8 Å². The van der Waals surface area contributed by atoms with Crippen molar-refractivity contribution in [2.45, 2.75) is 39.5 Å². The maximum atomic E-state index is 11.6. The van der Waals surface area contributed by atoms with Crippen LogP contribution in [0.1, 0.15) is 39.5 Å². The number of hydrogen-bond acceptors (Lipinski definition) is 3. The summed E-state index contributed by atoms with van der Waals surface area (Å²) in [7, 11) is 3.51. The second-order valence-corrected chi connectivity index (χ2v) is 6.68. The van der Waals surface area contributed by atoms with Crippen LogP contribution in [0.5, 0.6) is 0 Å². The van der Waals surface area contributed by atoms with E-state index in [1.807, 2.05) is 0 Å². The number of hydrogen-bond donors (Lipinski definition) is 2. The lowest BCUT2D eigenvalue weighted by atomic mass is 9.99. The molecular weight excluding hydrogens is 417 g/mol. The van der Waals surface area contributed by atoms with Gasteiger partial charge in [0.1, 0.15) is 6.54 Å². The fourth-order valence-corrected chi connectivity index (χ4v) is 2.50. The van der Waals surface area contributed by atoms with Gasteiger partial charge in [-0.25, -0.2) is 4.99 Å². The number of amides is 1. The number of aliphatic imine (C=N–C) groups is 1. The lowest BCUT2D eigenvalue weighted by Crippen LogP contribution is -2.40. The van der Waals surface area contributed by atoms with E-state index in [-0.39, 0.29) is 36.4 Å². The predicted octanol–water partition coefficient (Wildman–Crippen LogP) is 1.76. The molecule has 1 fully saturated rings. The van der Waals surface area contributed by atoms with Gasteiger partial charge in [-0.1, -0.05) is 13.8 Å². The van der Waals surface area contributed by atoms with Crippen molar-refractivity contribution in [2.24, 2.45) is 10.9 Å². The largest absolute Gasteiger partial charge is 0.356 e. The Balaban J connectivity index is 0.00000529. The fraction of sp³-hybridized carbons (Fsp3) is 0.882. The second kappa shape index (κ2) is 13.7. The van der Waals surface area contributed by atoms with Gasteiger partial charge >= 0.3 is 0 Å². The smallest absolute Gasteiger partial charge is 0.243 e. The lowest BCUT2D eigenvalue weighted by molar-refractivity contribution is -0.127. The molecule has 7 heteroatoms. The van der Waals surface area contributed by atoms with E-state index in [0.717, 1.165) is 44.4 Å². The van der Waals surface area contributed by atoms with E-state index >= 15 is 0 Å². The molecule has 1 saturated heterocycles. The maximum absolute atomic E-state index is 11.6. The summed E-state index contributed by atoms with van der Waals surface area (Å²) < 4.78 is 0. The number of halogens is 1. The van der Waals surface area contributed by atoms with Gasteiger partial charge in [0.2, 0.25) is 5.91 Å². The van der Waals surface area contributed by atoms with E-state index in [1.165, 1.54) is 25.9 Å². The van der Waals surface area contributed by atoms with Crippen molar-refractivity contribution in [3.63, 3.8) is 0 Å². The summed E-state index contributed by atoms with van der Waals surface area (Å²) in [6, 6.07) is 0. The quantitative estimate of drug-likeness (QED) is 0.255. The first kappa shape index (κ1) is 23.4. The Labute approximate surface area is 164 Å². The molecule has 1 aliphatic rings. The van der Waals surface area contributed by atoms with Crippen molar-refractivity contribution in [3.8, 4) is 0 Å². The molecule has 1 rings (SSSR count). The number of guanidine groups is 1. The average molecular weight is 453 g/mol. The third-order valence-electron chi connectivity index (χ3n) is 4.23. The van der Waals surface area contributed by atoms with Crippen molar-refractivity contribution < 1.29 is 4.79 Å². The van der Waals surface area contributed by atoms with E-state index in [1.54, 1.807) is 19.0 Å². The molecule has 1 heterocycles. The minimum Gasteiger partial charge on any atom is -0.356 e. The van der Waals surface area contributed by atoms with Gasteiger partial charge in [-0.15, -0.1) is 24.0 Å². The number of nitrogens with one attached hydrogen (secondary N) is 2. The first-order valence-electron chi connectivity index (χ1n) is 8.97. The number of carbonyl (C=O) groups excluding carboxylic acids is 1. The van der Waals surface area contributed by atoms with E-state index in [2.05, 4.69) is 34.4 Å². The Morgan fingerprint density at radius 1 is 1.21 bits per heavy atom. The third-order valence-corrected chi connectivity index (χ3v) is 4.23. The van der Waals surface area contributed by atoms with Crippen LogP contribution in [0.3, 0.4) is 0 Å². The zero-order valence-corrected chi connectivity index (χ0v) is 18.1. The monoisotopic (exact) mass is 453 g/mol. The number of likely N-dealkylation sites (tertiary alicyclic amines) is 1. The Hall–Kier alpha value is -0.570. The molecule has 0 atom stereocenters. The van der Waals surface area contributed by atoms with Crippen LogP contribution in [0.2, 0.25) is 0 Å². The van der Waals surface area contributed by atoms with E-state index < -0.39 is 0 Å². The van der Waals surface area contributed by atoms with Crippen LogP contribution in [-0.2, 0) is 4.79 Å². The zero-order valence-electron chi connectivity index (χ0n) is 15.8. The minimum absolute atomic E-state index is 0. The molecule has 0 aliphatic carbocycles. The highest BCUT2D eigenvalue weighted by molar-refractivity contribution is 14.0. The van der Waals surface area contributed by atoms with Gasteiger partial charge in [-0.3, -0.25) is 4.79 Å². The topological polar surface area (TPSA) is 60.0 Å². The molecule has 2 N–H and O–H groups in total. The maximum Gasteiger partial charge on any atom is 0.243 e. The predicted molar refractivity (Wildman–Crippen MR) is 112 cm³/mol. The van der Waals surface area contributed by atoms with Gasteiger partial charge in [0.15, 0.2) is 5.96 Å². The minimum atomic E-state index is 0. The molecule has 0 aromatic carbocycles. The van der Waals surface area contributed by atoms with E-state index in [4.69, 9.17) is 0 Å². The number of nitrogens with zero attached hydrogens (tertiary/aromatic N) is 3. The SMILES string of the molecule is CCCNC(=NCC(=O)N(C)C)NCCCN1CCC(C)CC1.I. The van der Waals surface area contributed by atoms with Crippen LogP contribution in [0.15, 0.2) is 4.99 Å².